The van der Waals surface area contributed by atoms with E-state index in [0.29, 0.717) is 6.61 Å². The van der Waals surface area contributed by atoms with E-state index in [1.165, 1.54) is 5.57 Å². The minimum atomic E-state index is -0.556. The molecule has 0 unspecified atom stereocenters. The van der Waals surface area contributed by atoms with Crippen LogP contribution in [0, 0.1) is 0 Å². The van der Waals surface area contributed by atoms with Gasteiger partial charge in [0, 0.05) is 0 Å². The third-order valence-corrected chi connectivity index (χ3v) is 2.98. The van der Waals surface area contributed by atoms with Crippen molar-refractivity contribution in [3.05, 3.63) is 11.6 Å². The van der Waals surface area contributed by atoms with Gasteiger partial charge in [0.15, 0.2) is 12.1 Å². The smallest absolute Gasteiger partial charge is 0.190 e. The molecule has 2 fully saturated rings. The molecule has 3 rings (SSSR count). The molecular formula is C11H16O4. The van der Waals surface area contributed by atoms with E-state index in [0.717, 1.165) is 0 Å². The molecule has 0 saturated carbocycles. The van der Waals surface area contributed by atoms with Crippen molar-refractivity contribution in [2.24, 2.45) is 0 Å². The molecule has 4 nitrogen and oxygen atoms in total. The maximum absolute atomic E-state index is 5.78. The summed E-state index contributed by atoms with van der Waals surface area (Å²) >= 11 is 0. The maximum atomic E-state index is 5.78. The van der Waals surface area contributed by atoms with Gasteiger partial charge < -0.3 is 18.9 Å². The fourth-order valence-corrected chi connectivity index (χ4v) is 2.38. The fraction of sp³-hybridized carbons (Fsp3) is 0.818. The Kier molecular flexibility index (Phi) is 1.98. The van der Waals surface area contributed by atoms with Crippen LogP contribution in [0.25, 0.3) is 0 Å². The number of hydrogen-bond donors (Lipinski definition) is 0. The Balaban J connectivity index is 1.81. The summed E-state index contributed by atoms with van der Waals surface area (Å²) in [5.74, 6) is -0.556. The molecule has 0 spiro atoms. The van der Waals surface area contributed by atoms with Crippen LogP contribution in [-0.2, 0) is 18.9 Å². The second-order valence-corrected chi connectivity index (χ2v) is 4.86. The van der Waals surface area contributed by atoms with Gasteiger partial charge in [-0.15, -0.1) is 0 Å². The summed E-state index contributed by atoms with van der Waals surface area (Å²) in [5, 5.41) is 0. The highest BCUT2D eigenvalue weighted by Gasteiger charge is 2.55. The molecule has 3 heterocycles. The molecule has 3 aliphatic rings. The van der Waals surface area contributed by atoms with Crippen LogP contribution in [0.4, 0.5) is 0 Å². The topological polar surface area (TPSA) is 36.9 Å². The molecule has 0 aromatic rings. The van der Waals surface area contributed by atoms with E-state index in [9.17, 15) is 0 Å². The largest absolute Gasteiger partial charge is 0.368 e. The number of fused-ring (bicyclic) bond motifs is 3. The molecule has 84 valence electrons. The lowest BCUT2D eigenvalue weighted by atomic mass is 10.1. The van der Waals surface area contributed by atoms with E-state index in [2.05, 4.69) is 6.08 Å². The first kappa shape index (κ1) is 9.78. The zero-order valence-corrected chi connectivity index (χ0v) is 9.23. The van der Waals surface area contributed by atoms with Crippen molar-refractivity contribution in [2.45, 2.75) is 51.2 Å². The molecule has 4 atom stereocenters. The monoisotopic (exact) mass is 212 g/mol. The molecule has 15 heavy (non-hydrogen) atoms. The lowest BCUT2D eigenvalue weighted by Gasteiger charge is -2.27. The van der Waals surface area contributed by atoms with E-state index in [1.807, 2.05) is 20.8 Å². The summed E-state index contributed by atoms with van der Waals surface area (Å²) in [5.41, 5.74) is 1.20. The fourth-order valence-electron chi connectivity index (χ4n) is 2.38. The van der Waals surface area contributed by atoms with Gasteiger partial charge in [-0.2, -0.15) is 0 Å². The first-order valence-electron chi connectivity index (χ1n) is 5.35. The van der Waals surface area contributed by atoms with Crippen LogP contribution in [0.2, 0.25) is 0 Å². The number of ether oxygens (including phenoxy) is 4. The predicted octanol–water partition coefficient (Wildman–Crippen LogP) is 1.21. The van der Waals surface area contributed by atoms with Crippen LogP contribution >= 0.6 is 0 Å². The lowest BCUT2D eigenvalue weighted by molar-refractivity contribution is -0.213. The minimum Gasteiger partial charge on any atom is -0.368 e. The van der Waals surface area contributed by atoms with Crippen LogP contribution in [0.1, 0.15) is 20.8 Å². The Hall–Kier alpha value is -0.420. The third kappa shape index (κ3) is 1.52. The molecule has 3 aliphatic heterocycles. The van der Waals surface area contributed by atoms with Crippen molar-refractivity contribution < 1.29 is 18.9 Å². The van der Waals surface area contributed by atoms with Gasteiger partial charge in [-0.3, -0.25) is 0 Å². The Labute approximate surface area is 89.1 Å². The summed E-state index contributed by atoms with van der Waals surface area (Å²) in [6.45, 7) is 6.50. The van der Waals surface area contributed by atoms with E-state index in [1.54, 1.807) is 0 Å². The van der Waals surface area contributed by atoms with Gasteiger partial charge >= 0.3 is 0 Å². The average molecular weight is 212 g/mol. The van der Waals surface area contributed by atoms with Crippen molar-refractivity contribution in [1.29, 1.82) is 0 Å². The maximum Gasteiger partial charge on any atom is 0.190 e. The molecule has 4 heteroatoms. The summed E-state index contributed by atoms with van der Waals surface area (Å²) < 4.78 is 22.9. The van der Waals surface area contributed by atoms with Gasteiger partial charge in [0.2, 0.25) is 0 Å². The van der Waals surface area contributed by atoms with Gasteiger partial charge in [0.05, 0.1) is 6.61 Å². The van der Waals surface area contributed by atoms with Gasteiger partial charge in [-0.25, -0.2) is 0 Å². The molecule has 0 amide bonds. The SMILES string of the molecule is CC1=C[C@H]2O[C@@H]3OC(C)(C)O[C@@H]3[C@H]2OC1. The quantitative estimate of drug-likeness (QED) is 0.565. The predicted molar refractivity (Wildman–Crippen MR) is 52.2 cm³/mol. The number of rotatable bonds is 0. The molecule has 0 bridgehead atoms. The van der Waals surface area contributed by atoms with Gasteiger partial charge in [-0.1, -0.05) is 6.08 Å². The van der Waals surface area contributed by atoms with Crippen molar-refractivity contribution in [2.75, 3.05) is 6.61 Å². The Morgan fingerprint density at radius 3 is 2.87 bits per heavy atom. The van der Waals surface area contributed by atoms with Crippen LogP contribution in [0.3, 0.4) is 0 Å². The average Bonchev–Trinajstić information content (AvgIpc) is 2.55. The van der Waals surface area contributed by atoms with Crippen LogP contribution in [0.5, 0.6) is 0 Å². The summed E-state index contributed by atoms with van der Waals surface area (Å²) in [6, 6.07) is 0. The van der Waals surface area contributed by atoms with Crippen molar-refractivity contribution in [3.8, 4) is 0 Å². The Morgan fingerprint density at radius 1 is 1.27 bits per heavy atom. The highest BCUT2D eigenvalue weighted by atomic mass is 16.8. The van der Waals surface area contributed by atoms with Gasteiger partial charge in [0.25, 0.3) is 0 Å². The first-order chi connectivity index (χ1) is 7.05. The van der Waals surface area contributed by atoms with Crippen molar-refractivity contribution in [1.82, 2.24) is 0 Å². The molecule has 0 radical (unpaired) electrons. The van der Waals surface area contributed by atoms with Crippen molar-refractivity contribution in [3.63, 3.8) is 0 Å². The molecule has 0 N–H and O–H groups in total. The molecule has 0 aromatic carbocycles. The number of hydrogen-bond acceptors (Lipinski definition) is 4. The van der Waals surface area contributed by atoms with Crippen LogP contribution in [-0.4, -0.2) is 37.0 Å². The molecule has 0 aliphatic carbocycles. The highest BCUT2D eigenvalue weighted by Crippen LogP contribution is 2.40. The zero-order valence-electron chi connectivity index (χ0n) is 9.23. The van der Waals surface area contributed by atoms with Crippen LogP contribution < -0.4 is 0 Å². The molecular weight excluding hydrogens is 196 g/mol. The normalized spacial score (nSPS) is 47.3. The Bertz CT molecular complexity index is 310. The second kappa shape index (κ2) is 3.04. The van der Waals surface area contributed by atoms with Gasteiger partial charge in [0.1, 0.15) is 18.3 Å². The van der Waals surface area contributed by atoms with E-state index in [-0.39, 0.29) is 24.6 Å². The van der Waals surface area contributed by atoms with E-state index < -0.39 is 5.79 Å². The molecule has 0 aromatic heterocycles. The first-order valence-corrected chi connectivity index (χ1v) is 5.35. The summed E-state index contributed by atoms with van der Waals surface area (Å²) in [7, 11) is 0. The van der Waals surface area contributed by atoms with Crippen molar-refractivity contribution >= 4 is 0 Å². The standard InChI is InChI=1S/C11H16O4/c1-6-4-7-8(12-5-6)9-10(13-7)15-11(2,3)14-9/h4,7-10H,5H2,1-3H3/t7-,8+,9-,10-/m1/s1. The van der Waals surface area contributed by atoms with Gasteiger partial charge in [-0.05, 0) is 26.3 Å². The summed E-state index contributed by atoms with van der Waals surface area (Å²) in [6.07, 6.45) is 1.71. The highest BCUT2D eigenvalue weighted by molar-refractivity contribution is 5.13. The third-order valence-electron chi connectivity index (χ3n) is 2.98. The van der Waals surface area contributed by atoms with Crippen LogP contribution in [0.15, 0.2) is 11.6 Å². The second-order valence-electron chi connectivity index (χ2n) is 4.86. The minimum absolute atomic E-state index is 0.00940. The zero-order chi connectivity index (χ0) is 10.6. The lowest BCUT2D eigenvalue weighted by Crippen LogP contribution is -2.38. The summed E-state index contributed by atoms with van der Waals surface area (Å²) in [4.78, 5) is 0. The Morgan fingerprint density at radius 2 is 2.07 bits per heavy atom. The van der Waals surface area contributed by atoms with E-state index in [4.69, 9.17) is 18.9 Å². The van der Waals surface area contributed by atoms with E-state index >= 15 is 0 Å². The molecule has 2 saturated heterocycles.